The van der Waals surface area contributed by atoms with Gasteiger partial charge >= 0.3 is 0 Å². The van der Waals surface area contributed by atoms with Gasteiger partial charge in [-0.3, -0.25) is 0 Å². The molecule has 1 aliphatic rings. The molecule has 4 nitrogen and oxygen atoms in total. The highest BCUT2D eigenvalue weighted by molar-refractivity contribution is 9.10. The van der Waals surface area contributed by atoms with E-state index >= 15 is 0 Å². The minimum absolute atomic E-state index is 0. The first-order valence-corrected chi connectivity index (χ1v) is 7.87. The van der Waals surface area contributed by atoms with Gasteiger partial charge in [0.1, 0.15) is 4.90 Å². The number of hydrogen-bond donors (Lipinski definition) is 1. The fraction of sp³-hybridized carbons (Fsp3) is 0.455. The smallest absolute Gasteiger partial charge is 0.246 e. The van der Waals surface area contributed by atoms with E-state index < -0.39 is 15.8 Å². The predicted molar refractivity (Wildman–Crippen MR) is 77.3 cm³/mol. The summed E-state index contributed by atoms with van der Waals surface area (Å²) in [6, 6.07) is 4.03. The molecule has 1 fully saturated rings. The van der Waals surface area contributed by atoms with Gasteiger partial charge in [-0.1, -0.05) is 6.07 Å². The van der Waals surface area contributed by atoms with Crippen LogP contribution in [0.4, 0.5) is 4.39 Å². The molecule has 0 amide bonds. The molecule has 1 aromatic carbocycles. The summed E-state index contributed by atoms with van der Waals surface area (Å²) in [6.45, 7) is 0.658. The van der Waals surface area contributed by atoms with Gasteiger partial charge in [-0.15, -0.1) is 12.4 Å². The molecule has 2 rings (SSSR count). The Kier molecular flexibility index (Phi) is 5.76. The van der Waals surface area contributed by atoms with E-state index in [1.807, 2.05) is 0 Å². The van der Waals surface area contributed by atoms with E-state index in [0.717, 1.165) is 12.8 Å². The number of nitrogens with two attached hydrogens (primary N) is 1. The molecular formula is C11H15BrClFN2O2S. The molecule has 1 saturated heterocycles. The van der Waals surface area contributed by atoms with Gasteiger partial charge in [0.05, 0.1) is 4.47 Å². The second-order valence-corrected chi connectivity index (χ2v) is 6.91. The Bertz CT molecular complexity index is 556. The Hall–Kier alpha value is -0.210. The Morgan fingerprint density at radius 1 is 1.47 bits per heavy atom. The Morgan fingerprint density at radius 2 is 2.16 bits per heavy atom. The quantitative estimate of drug-likeness (QED) is 0.883. The van der Waals surface area contributed by atoms with Crippen molar-refractivity contribution in [1.82, 2.24) is 4.31 Å². The van der Waals surface area contributed by atoms with Crippen molar-refractivity contribution < 1.29 is 12.8 Å². The van der Waals surface area contributed by atoms with Crippen LogP contribution in [-0.2, 0) is 10.0 Å². The van der Waals surface area contributed by atoms with Crippen LogP contribution in [0.2, 0.25) is 0 Å². The lowest BCUT2D eigenvalue weighted by atomic mass is 10.2. The number of rotatable bonds is 3. The summed E-state index contributed by atoms with van der Waals surface area (Å²) in [5, 5.41) is 0. The third kappa shape index (κ3) is 3.11. The van der Waals surface area contributed by atoms with Gasteiger partial charge < -0.3 is 5.73 Å². The average molecular weight is 374 g/mol. The summed E-state index contributed by atoms with van der Waals surface area (Å²) < 4.78 is 40.1. The second-order valence-electron chi connectivity index (χ2n) is 4.20. The van der Waals surface area contributed by atoms with E-state index in [1.54, 1.807) is 0 Å². The lowest BCUT2D eigenvalue weighted by Crippen LogP contribution is -2.40. The molecule has 0 spiro atoms. The Morgan fingerprint density at radius 3 is 2.79 bits per heavy atom. The molecular weight excluding hydrogens is 359 g/mol. The van der Waals surface area contributed by atoms with Crippen LogP contribution >= 0.6 is 28.3 Å². The number of nitrogens with zero attached hydrogens (tertiary/aromatic N) is 1. The van der Waals surface area contributed by atoms with Crippen LogP contribution in [0.1, 0.15) is 12.8 Å². The maximum Gasteiger partial charge on any atom is 0.246 e. The number of hydrogen-bond acceptors (Lipinski definition) is 3. The van der Waals surface area contributed by atoms with Crippen molar-refractivity contribution in [3.63, 3.8) is 0 Å². The maximum absolute atomic E-state index is 13.9. The van der Waals surface area contributed by atoms with Crippen LogP contribution in [0, 0.1) is 5.82 Å². The minimum atomic E-state index is -3.80. The first-order valence-electron chi connectivity index (χ1n) is 5.64. The van der Waals surface area contributed by atoms with E-state index in [1.165, 1.54) is 22.5 Å². The van der Waals surface area contributed by atoms with Gasteiger partial charge in [0.15, 0.2) is 5.82 Å². The van der Waals surface area contributed by atoms with Crippen LogP contribution < -0.4 is 5.73 Å². The molecule has 8 heteroatoms. The van der Waals surface area contributed by atoms with E-state index in [9.17, 15) is 12.8 Å². The minimum Gasteiger partial charge on any atom is -0.329 e. The number of sulfonamides is 1. The van der Waals surface area contributed by atoms with Gasteiger partial charge in [0, 0.05) is 19.1 Å². The van der Waals surface area contributed by atoms with Crippen molar-refractivity contribution in [2.24, 2.45) is 5.73 Å². The maximum atomic E-state index is 13.9. The molecule has 1 heterocycles. The van der Waals surface area contributed by atoms with Gasteiger partial charge in [-0.05, 0) is 40.9 Å². The molecule has 108 valence electrons. The van der Waals surface area contributed by atoms with Crippen molar-refractivity contribution in [2.75, 3.05) is 13.1 Å². The van der Waals surface area contributed by atoms with Crippen molar-refractivity contribution in [3.05, 3.63) is 28.5 Å². The monoisotopic (exact) mass is 372 g/mol. The summed E-state index contributed by atoms with van der Waals surface area (Å²) in [4.78, 5) is -0.294. The van der Waals surface area contributed by atoms with E-state index in [-0.39, 0.29) is 34.4 Å². The summed E-state index contributed by atoms with van der Waals surface area (Å²) >= 11 is 3.00. The Balaban J connectivity index is 0.00000180. The molecule has 1 unspecified atom stereocenters. The van der Waals surface area contributed by atoms with Gasteiger partial charge in [-0.2, -0.15) is 4.31 Å². The summed E-state index contributed by atoms with van der Waals surface area (Å²) in [6.07, 6.45) is 1.49. The molecule has 0 saturated carbocycles. The highest BCUT2D eigenvalue weighted by Crippen LogP contribution is 2.29. The third-order valence-electron chi connectivity index (χ3n) is 3.10. The number of benzene rings is 1. The largest absolute Gasteiger partial charge is 0.329 e. The van der Waals surface area contributed by atoms with E-state index in [4.69, 9.17) is 5.73 Å². The third-order valence-corrected chi connectivity index (χ3v) is 5.68. The number of halogens is 3. The van der Waals surface area contributed by atoms with Crippen LogP contribution in [0.25, 0.3) is 0 Å². The standard InChI is InChI=1S/C11H14BrFN2O2S.ClH/c12-9-4-1-5-10(11(9)13)18(16,17)15-6-2-3-8(15)7-14;/h1,4-5,8H,2-3,6-7,14H2;1H. The SMILES string of the molecule is Cl.NCC1CCCN1S(=O)(=O)c1cccc(Br)c1F. The van der Waals surface area contributed by atoms with Gasteiger partial charge in [0.2, 0.25) is 10.0 Å². The molecule has 1 aromatic rings. The normalized spacial score (nSPS) is 20.3. The molecule has 19 heavy (non-hydrogen) atoms. The molecule has 0 aliphatic carbocycles. The first-order chi connectivity index (χ1) is 8.48. The van der Waals surface area contributed by atoms with Crippen LogP contribution in [-0.4, -0.2) is 31.9 Å². The summed E-state index contributed by atoms with van der Waals surface area (Å²) in [7, 11) is -3.80. The molecule has 1 aliphatic heterocycles. The Labute approximate surface area is 126 Å². The fourth-order valence-corrected chi connectivity index (χ4v) is 4.46. The van der Waals surface area contributed by atoms with Crippen LogP contribution in [0.5, 0.6) is 0 Å². The molecule has 0 aromatic heterocycles. The first kappa shape index (κ1) is 16.8. The predicted octanol–water partition coefficient (Wildman–Crippen LogP) is 2.12. The van der Waals surface area contributed by atoms with Crippen LogP contribution in [0.3, 0.4) is 0 Å². The van der Waals surface area contributed by atoms with Gasteiger partial charge in [0.25, 0.3) is 0 Å². The van der Waals surface area contributed by atoms with Gasteiger partial charge in [-0.25, -0.2) is 12.8 Å². The summed E-state index contributed by atoms with van der Waals surface area (Å²) in [5.74, 6) is -0.750. The highest BCUT2D eigenvalue weighted by Gasteiger charge is 2.36. The van der Waals surface area contributed by atoms with Crippen molar-refractivity contribution in [3.8, 4) is 0 Å². The highest BCUT2D eigenvalue weighted by atomic mass is 79.9. The summed E-state index contributed by atoms with van der Waals surface area (Å²) in [5.41, 5.74) is 5.56. The molecule has 1 atom stereocenters. The molecule has 0 bridgehead atoms. The zero-order valence-electron chi connectivity index (χ0n) is 10.1. The van der Waals surface area contributed by atoms with E-state index in [0.29, 0.717) is 6.54 Å². The average Bonchev–Trinajstić information content (AvgIpc) is 2.81. The lowest BCUT2D eigenvalue weighted by Gasteiger charge is -2.23. The lowest BCUT2D eigenvalue weighted by molar-refractivity contribution is 0.390. The topological polar surface area (TPSA) is 63.4 Å². The van der Waals surface area contributed by atoms with Crippen molar-refractivity contribution >= 4 is 38.4 Å². The van der Waals surface area contributed by atoms with E-state index in [2.05, 4.69) is 15.9 Å². The van der Waals surface area contributed by atoms with Crippen molar-refractivity contribution in [2.45, 2.75) is 23.8 Å². The van der Waals surface area contributed by atoms with Crippen LogP contribution in [0.15, 0.2) is 27.6 Å². The van der Waals surface area contributed by atoms with Crippen molar-refractivity contribution in [1.29, 1.82) is 0 Å². The fourth-order valence-electron chi connectivity index (χ4n) is 2.17. The molecule has 2 N–H and O–H groups in total. The zero-order chi connectivity index (χ0) is 13.3. The molecule has 0 radical (unpaired) electrons. The zero-order valence-corrected chi connectivity index (χ0v) is 13.3. The second kappa shape index (κ2) is 6.49.